The van der Waals surface area contributed by atoms with Crippen LogP contribution < -0.4 is 5.32 Å². The van der Waals surface area contributed by atoms with Crippen LogP contribution in [-0.2, 0) is 0 Å². The van der Waals surface area contributed by atoms with E-state index in [-0.39, 0.29) is 0 Å². The van der Waals surface area contributed by atoms with Gasteiger partial charge in [0.25, 0.3) is 0 Å². The summed E-state index contributed by atoms with van der Waals surface area (Å²) in [6.45, 7) is 6.09. The highest BCUT2D eigenvalue weighted by Crippen LogP contribution is 2.44. The van der Waals surface area contributed by atoms with Crippen LogP contribution in [0.2, 0.25) is 0 Å². The van der Waals surface area contributed by atoms with E-state index in [4.69, 9.17) is 0 Å². The maximum absolute atomic E-state index is 3.72. The number of nitrogens with one attached hydrogen (secondary N) is 1. The van der Waals surface area contributed by atoms with Gasteiger partial charge in [-0.3, -0.25) is 0 Å². The molecule has 13 heavy (non-hydrogen) atoms. The number of hydrogen-bond donors (Lipinski definition) is 1. The van der Waals surface area contributed by atoms with Crippen molar-refractivity contribution in [1.82, 2.24) is 5.32 Å². The second-order valence-electron chi connectivity index (χ2n) is 5.38. The molecule has 0 aliphatic heterocycles. The predicted molar refractivity (Wildman–Crippen MR) is 56.8 cm³/mol. The van der Waals surface area contributed by atoms with Crippen molar-refractivity contribution in [3.05, 3.63) is 0 Å². The summed E-state index contributed by atoms with van der Waals surface area (Å²) in [7, 11) is 0. The maximum Gasteiger partial charge on any atom is 0.00684 e. The summed E-state index contributed by atoms with van der Waals surface area (Å²) in [5.41, 5.74) is 0.655. The molecule has 2 aliphatic rings. The van der Waals surface area contributed by atoms with Crippen LogP contribution in [0.15, 0.2) is 0 Å². The molecular formula is C12H23N. The molecule has 0 radical (unpaired) electrons. The number of hydrogen-bond acceptors (Lipinski definition) is 1. The molecule has 0 aromatic rings. The molecule has 0 unspecified atom stereocenters. The molecule has 0 aromatic heterocycles. The highest BCUT2D eigenvalue weighted by molar-refractivity contribution is 4.92. The van der Waals surface area contributed by atoms with E-state index < -0.39 is 0 Å². The molecule has 0 spiro atoms. The Balaban J connectivity index is 1.87. The molecule has 2 saturated carbocycles. The van der Waals surface area contributed by atoms with Gasteiger partial charge < -0.3 is 5.32 Å². The summed E-state index contributed by atoms with van der Waals surface area (Å²) in [4.78, 5) is 0. The first kappa shape index (κ1) is 9.51. The van der Waals surface area contributed by atoms with Crippen LogP contribution in [0.3, 0.4) is 0 Å². The van der Waals surface area contributed by atoms with Gasteiger partial charge in [0.15, 0.2) is 0 Å². The molecule has 0 aromatic carbocycles. The van der Waals surface area contributed by atoms with Crippen molar-refractivity contribution in [1.29, 1.82) is 0 Å². The molecule has 0 atom stereocenters. The van der Waals surface area contributed by atoms with E-state index in [9.17, 15) is 0 Å². The Labute approximate surface area is 82.3 Å². The standard InChI is InChI=1S/C12H23N/c1-10(2)12(7-3-4-8-12)9-13-11-5-6-11/h10-11,13H,3-9H2,1-2H3. The van der Waals surface area contributed by atoms with Gasteiger partial charge in [0.05, 0.1) is 0 Å². The smallest absolute Gasteiger partial charge is 0.00684 e. The molecule has 2 fully saturated rings. The summed E-state index contributed by atoms with van der Waals surface area (Å²) in [5, 5.41) is 3.72. The van der Waals surface area contributed by atoms with Crippen molar-refractivity contribution >= 4 is 0 Å². The predicted octanol–water partition coefficient (Wildman–Crippen LogP) is 2.95. The second kappa shape index (κ2) is 3.61. The topological polar surface area (TPSA) is 12.0 Å². The maximum atomic E-state index is 3.72. The molecule has 76 valence electrons. The van der Waals surface area contributed by atoms with E-state index in [1.54, 1.807) is 0 Å². The van der Waals surface area contributed by atoms with E-state index in [1.807, 2.05) is 0 Å². The Morgan fingerprint density at radius 2 is 1.85 bits per heavy atom. The molecule has 1 N–H and O–H groups in total. The van der Waals surface area contributed by atoms with Crippen LogP contribution >= 0.6 is 0 Å². The first-order valence-corrected chi connectivity index (χ1v) is 5.96. The minimum absolute atomic E-state index is 0.655. The Morgan fingerprint density at radius 3 is 2.31 bits per heavy atom. The minimum Gasteiger partial charge on any atom is -0.313 e. The van der Waals surface area contributed by atoms with Crippen molar-refractivity contribution in [2.75, 3.05) is 6.54 Å². The lowest BCUT2D eigenvalue weighted by molar-refractivity contribution is 0.188. The normalized spacial score (nSPS) is 27.0. The van der Waals surface area contributed by atoms with Crippen LogP contribution in [-0.4, -0.2) is 12.6 Å². The van der Waals surface area contributed by atoms with Crippen molar-refractivity contribution < 1.29 is 0 Å². The molecule has 0 saturated heterocycles. The van der Waals surface area contributed by atoms with Gasteiger partial charge in [0.2, 0.25) is 0 Å². The first-order chi connectivity index (χ1) is 6.23. The second-order valence-corrected chi connectivity index (χ2v) is 5.38. The van der Waals surface area contributed by atoms with Gasteiger partial charge >= 0.3 is 0 Å². The summed E-state index contributed by atoms with van der Waals surface area (Å²) in [6, 6.07) is 0.885. The summed E-state index contributed by atoms with van der Waals surface area (Å²) in [6.07, 6.45) is 8.70. The molecule has 1 nitrogen and oxygen atoms in total. The fourth-order valence-electron chi connectivity index (χ4n) is 2.67. The van der Waals surface area contributed by atoms with E-state index in [1.165, 1.54) is 45.1 Å². The SMILES string of the molecule is CC(C)C1(CNC2CC2)CCCC1. The lowest BCUT2D eigenvalue weighted by Crippen LogP contribution is -2.37. The van der Waals surface area contributed by atoms with Crippen molar-refractivity contribution in [3.8, 4) is 0 Å². The van der Waals surface area contributed by atoms with Crippen molar-refractivity contribution in [2.45, 2.75) is 58.4 Å². The van der Waals surface area contributed by atoms with Gasteiger partial charge in [-0.15, -0.1) is 0 Å². The average molecular weight is 181 g/mol. The van der Waals surface area contributed by atoms with Crippen LogP contribution in [0, 0.1) is 11.3 Å². The van der Waals surface area contributed by atoms with Crippen molar-refractivity contribution in [2.24, 2.45) is 11.3 Å². The summed E-state index contributed by atoms with van der Waals surface area (Å²) in [5.74, 6) is 0.862. The fraction of sp³-hybridized carbons (Fsp3) is 1.00. The quantitative estimate of drug-likeness (QED) is 0.703. The van der Waals surface area contributed by atoms with Crippen molar-refractivity contribution in [3.63, 3.8) is 0 Å². The first-order valence-electron chi connectivity index (χ1n) is 5.96. The number of rotatable bonds is 4. The fourth-order valence-corrected chi connectivity index (χ4v) is 2.67. The summed E-state index contributed by atoms with van der Waals surface area (Å²) < 4.78 is 0. The molecule has 0 amide bonds. The molecular weight excluding hydrogens is 158 g/mol. The van der Waals surface area contributed by atoms with Gasteiger partial charge in [-0.2, -0.15) is 0 Å². The lowest BCUT2D eigenvalue weighted by atomic mass is 9.75. The molecule has 2 aliphatic carbocycles. The van der Waals surface area contributed by atoms with Gasteiger partial charge in [-0.1, -0.05) is 26.7 Å². The third kappa shape index (κ3) is 2.07. The molecule has 0 bridgehead atoms. The van der Waals surface area contributed by atoms with Gasteiger partial charge in [0, 0.05) is 12.6 Å². The van der Waals surface area contributed by atoms with E-state index in [0.29, 0.717) is 5.41 Å². The lowest BCUT2D eigenvalue weighted by Gasteiger charge is -2.33. The largest absolute Gasteiger partial charge is 0.313 e. The monoisotopic (exact) mass is 181 g/mol. The Bertz CT molecular complexity index is 164. The zero-order valence-electron chi connectivity index (χ0n) is 9.10. The molecule has 1 heteroatoms. The minimum atomic E-state index is 0.655. The Kier molecular flexibility index (Phi) is 2.64. The van der Waals surface area contributed by atoms with Gasteiger partial charge in [-0.25, -0.2) is 0 Å². The van der Waals surface area contributed by atoms with E-state index in [2.05, 4.69) is 19.2 Å². The van der Waals surface area contributed by atoms with Crippen LogP contribution in [0.4, 0.5) is 0 Å². The Hall–Kier alpha value is -0.0400. The third-order valence-corrected chi connectivity index (χ3v) is 4.14. The Morgan fingerprint density at radius 1 is 1.23 bits per heavy atom. The van der Waals surface area contributed by atoms with E-state index >= 15 is 0 Å². The third-order valence-electron chi connectivity index (χ3n) is 4.14. The highest BCUT2D eigenvalue weighted by Gasteiger charge is 2.37. The zero-order valence-corrected chi connectivity index (χ0v) is 9.10. The van der Waals surface area contributed by atoms with E-state index in [0.717, 1.165) is 12.0 Å². The molecule has 0 heterocycles. The summed E-state index contributed by atoms with van der Waals surface area (Å²) >= 11 is 0. The van der Waals surface area contributed by atoms with Gasteiger partial charge in [0.1, 0.15) is 0 Å². The molecule has 2 rings (SSSR count). The van der Waals surface area contributed by atoms with Gasteiger partial charge in [-0.05, 0) is 37.0 Å². The van der Waals surface area contributed by atoms with Crippen LogP contribution in [0.25, 0.3) is 0 Å². The zero-order chi connectivity index (χ0) is 9.31. The average Bonchev–Trinajstić information content (AvgIpc) is 2.80. The van der Waals surface area contributed by atoms with Crippen LogP contribution in [0.1, 0.15) is 52.4 Å². The highest BCUT2D eigenvalue weighted by atomic mass is 15.0. The van der Waals surface area contributed by atoms with Crippen LogP contribution in [0.5, 0.6) is 0 Å².